The number of likely N-dealkylation sites (N-methyl/N-ethyl adjacent to an activating group) is 1. The third kappa shape index (κ3) is 1.71. The van der Waals surface area contributed by atoms with Gasteiger partial charge in [0.15, 0.2) is 0 Å². The number of amidine groups is 1. The predicted molar refractivity (Wildman–Crippen MR) is 72.0 cm³/mol. The van der Waals surface area contributed by atoms with Crippen LogP contribution in [0.4, 0.5) is 10.7 Å². The molecule has 1 unspecified atom stereocenters. The molecule has 3 heterocycles. The number of fused-ring (bicyclic) bond motifs is 3. The molecular weight excluding hydrogens is 274 g/mol. The molecule has 110 valence electrons. The summed E-state index contributed by atoms with van der Waals surface area (Å²) in [6.45, 7) is 3.05. The zero-order valence-corrected chi connectivity index (χ0v) is 12.3. The normalized spacial score (nSPS) is 20.6. The van der Waals surface area contributed by atoms with Crippen molar-refractivity contribution in [1.82, 2.24) is 14.4 Å². The van der Waals surface area contributed by atoms with Crippen LogP contribution in [-0.4, -0.2) is 51.5 Å². The molecule has 1 atom stereocenters. The summed E-state index contributed by atoms with van der Waals surface area (Å²) < 4.78 is 3.59. The minimum atomic E-state index is -0.679. The van der Waals surface area contributed by atoms with E-state index in [0.29, 0.717) is 11.8 Å². The summed E-state index contributed by atoms with van der Waals surface area (Å²) in [5.74, 6) is 0.361. The molecule has 0 aromatic carbocycles. The highest BCUT2D eigenvalue weighted by Crippen LogP contribution is 2.28. The first-order valence-corrected chi connectivity index (χ1v) is 6.57. The second kappa shape index (κ2) is 4.24. The fourth-order valence-electron chi connectivity index (χ4n) is 2.66. The van der Waals surface area contributed by atoms with Crippen LogP contribution in [-0.2, 0) is 16.6 Å². The lowest BCUT2D eigenvalue weighted by Crippen LogP contribution is -2.63. The fourth-order valence-corrected chi connectivity index (χ4v) is 2.66. The molecule has 2 aliphatic heterocycles. The lowest BCUT2D eigenvalue weighted by Gasteiger charge is -2.32. The van der Waals surface area contributed by atoms with Crippen LogP contribution in [0.1, 0.15) is 18.7 Å². The van der Waals surface area contributed by atoms with E-state index < -0.39 is 18.0 Å². The van der Waals surface area contributed by atoms with Gasteiger partial charge in [-0.3, -0.25) is 19.4 Å². The second-order valence-corrected chi connectivity index (χ2v) is 5.38. The molecule has 0 aliphatic carbocycles. The molecule has 8 nitrogen and oxygen atoms in total. The molecule has 0 bridgehead atoms. The number of imidazole rings is 1. The van der Waals surface area contributed by atoms with Crippen LogP contribution in [0.2, 0.25) is 0 Å². The Hall–Kier alpha value is -2.51. The number of aryl methyl sites for hydroxylation is 1. The van der Waals surface area contributed by atoms with Crippen LogP contribution < -0.4 is 4.57 Å². The van der Waals surface area contributed by atoms with E-state index in [1.165, 1.54) is 11.8 Å². The topological polar surface area (TPSA) is 78.9 Å². The Morgan fingerprint density at radius 1 is 1.38 bits per heavy atom. The third-order valence-electron chi connectivity index (χ3n) is 3.87. The van der Waals surface area contributed by atoms with Crippen molar-refractivity contribution in [1.29, 1.82) is 0 Å². The maximum absolute atomic E-state index is 12.6. The molecule has 1 aromatic rings. The van der Waals surface area contributed by atoms with Gasteiger partial charge in [0, 0.05) is 7.05 Å². The van der Waals surface area contributed by atoms with E-state index in [-0.39, 0.29) is 12.3 Å². The van der Waals surface area contributed by atoms with Gasteiger partial charge in [-0.15, -0.1) is 0 Å². The van der Waals surface area contributed by atoms with E-state index in [9.17, 15) is 14.4 Å². The predicted octanol–water partition coefficient (Wildman–Crippen LogP) is -0.311. The van der Waals surface area contributed by atoms with Gasteiger partial charge in [-0.2, -0.15) is 0 Å². The number of Topliss-reactive ketones (excluding diaryl/α,β-unsaturated/α-hetero) is 1. The molecule has 0 radical (unpaired) electrons. The van der Waals surface area contributed by atoms with Gasteiger partial charge in [0.25, 0.3) is 5.91 Å². The van der Waals surface area contributed by atoms with E-state index in [1.54, 1.807) is 11.6 Å². The van der Waals surface area contributed by atoms with Gasteiger partial charge < -0.3 is 0 Å². The molecule has 1 fully saturated rings. The van der Waals surface area contributed by atoms with E-state index >= 15 is 0 Å². The van der Waals surface area contributed by atoms with Crippen LogP contribution in [0.3, 0.4) is 0 Å². The van der Waals surface area contributed by atoms with Crippen LogP contribution in [0.25, 0.3) is 0 Å². The third-order valence-corrected chi connectivity index (χ3v) is 3.87. The molecule has 3 rings (SSSR count). The molecule has 0 saturated carbocycles. The first-order valence-electron chi connectivity index (χ1n) is 6.57. The lowest BCUT2D eigenvalue weighted by atomic mass is 10.1. The zero-order chi connectivity index (χ0) is 15.5. The smallest absolute Gasteiger partial charge is 0.298 e. The van der Waals surface area contributed by atoms with Crippen LogP contribution >= 0.6 is 0 Å². The van der Waals surface area contributed by atoms with Crippen LogP contribution in [0, 0.1) is 6.92 Å². The number of carbonyl (C=O) groups excluding carboxylic acids is 3. The highest BCUT2D eigenvalue weighted by atomic mass is 16.2. The van der Waals surface area contributed by atoms with E-state index in [2.05, 4.69) is 4.99 Å². The number of nitrogens with zero attached hydrogens (tertiary/aromatic N) is 5. The molecule has 1 saturated heterocycles. The SMILES string of the molecule is CC(=O)CN1C(=O)C2C(=Nc3n(C)c(C)c[n+]32)N(C)C1=O. The molecule has 0 N–H and O–H groups in total. The minimum absolute atomic E-state index is 0.215. The number of imide groups is 1. The Morgan fingerprint density at radius 2 is 2.05 bits per heavy atom. The van der Waals surface area contributed by atoms with Gasteiger partial charge in [-0.25, -0.2) is 13.9 Å². The van der Waals surface area contributed by atoms with Crippen molar-refractivity contribution in [3.63, 3.8) is 0 Å². The Morgan fingerprint density at radius 3 is 2.67 bits per heavy atom. The highest BCUT2D eigenvalue weighted by molar-refractivity contribution is 6.19. The number of rotatable bonds is 2. The largest absolute Gasteiger partial charge is 0.401 e. The number of carbonyl (C=O) groups is 3. The van der Waals surface area contributed by atoms with Crippen molar-refractivity contribution in [3.8, 4) is 0 Å². The molecular formula is C13H16N5O3+. The Balaban J connectivity index is 2.10. The Labute approximate surface area is 121 Å². The standard InChI is InChI=1S/C13H16N5O3/c1-7-5-17-9-10(14-12(17)15(7)3)16(4)13(21)18(11(9)20)6-8(2)19/h5,9H,6H2,1-4H3/q+1. The van der Waals surface area contributed by atoms with Crippen molar-refractivity contribution in [2.24, 2.45) is 12.0 Å². The van der Waals surface area contributed by atoms with Crippen molar-refractivity contribution < 1.29 is 19.0 Å². The number of ketones is 1. The van der Waals surface area contributed by atoms with Crippen molar-refractivity contribution in [2.75, 3.05) is 13.6 Å². The summed E-state index contributed by atoms with van der Waals surface area (Å²) in [4.78, 5) is 42.8. The summed E-state index contributed by atoms with van der Waals surface area (Å²) in [5.41, 5.74) is 0.957. The summed E-state index contributed by atoms with van der Waals surface area (Å²) in [5, 5.41) is 0. The first kappa shape index (κ1) is 13.5. The molecule has 1 aromatic heterocycles. The second-order valence-electron chi connectivity index (χ2n) is 5.38. The summed E-state index contributed by atoms with van der Waals surface area (Å²) in [6.07, 6.45) is 1.82. The van der Waals surface area contributed by atoms with Gasteiger partial charge in [0.05, 0.1) is 13.6 Å². The number of aliphatic imine (C=N–C) groups is 1. The van der Waals surface area contributed by atoms with E-state index in [1.807, 2.05) is 24.7 Å². The summed E-state index contributed by atoms with van der Waals surface area (Å²) >= 11 is 0. The minimum Gasteiger partial charge on any atom is -0.298 e. The number of amides is 3. The summed E-state index contributed by atoms with van der Waals surface area (Å²) in [7, 11) is 3.41. The van der Waals surface area contributed by atoms with Crippen LogP contribution in [0.15, 0.2) is 11.2 Å². The fraction of sp³-hybridized carbons (Fsp3) is 0.462. The van der Waals surface area contributed by atoms with Gasteiger partial charge in [-0.1, -0.05) is 4.99 Å². The van der Waals surface area contributed by atoms with Crippen molar-refractivity contribution in [2.45, 2.75) is 19.9 Å². The average Bonchev–Trinajstić information content (AvgIpc) is 2.91. The first-order chi connectivity index (χ1) is 9.82. The van der Waals surface area contributed by atoms with E-state index in [4.69, 9.17) is 0 Å². The monoisotopic (exact) mass is 290 g/mol. The summed E-state index contributed by atoms with van der Waals surface area (Å²) in [6, 6.07) is -1.20. The lowest BCUT2D eigenvalue weighted by molar-refractivity contribution is -0.677. The van der Waals surface area contributed by atoms with Crippen molar-refractivity contribution in [3.05, 3.63) is 11.9 Å². The average molecular weight is 290 g/mol. The molecule has 21 heavy (non-hydrogen) atoms. The molecule has 2 aliphatic rings. The number of aromatic nitrogens is 2. The molecule has 3 amide bonds. The van der Waals surface area contributed by atoms with Gasteiger partial charge in [0.1, 0.15) is 17.7 Å². The number of hydrogen-bond donors (Lipinski definition) is 0. The quantitative estimate of drug-likeness (QED) is 0.701. The molecule has 8 heteroatoms. The van der Waals surface area contributed by atoms with E-state index in [0.717, 1.165) is 10.6 Å². The van der Waals surface area contributed by atoms with Gasteiger partial charge in [0.2, 0.25) is 11.9 Å². The maximum atomic E-state index is 12.6. The maximum Gasteiger partial charge on any atom is 0.401 e. The molecule has 0 spiro atoms. The number of urea groups is 1. The van der Waals surface area contributed by atoms with Gasteiger partial charge >= 0.3 is 12.0 Å². The highest BCUT2D eigenvalue weighted by Gasteiger charge is 2.52. The van der Waals surface area contributed by atoms with Gasteiger partial charge in [-0.05, 0) is 13.8 Å². The van der Waals surface area contributed by atoms with Crippen molar-refractivity contribution >= 4 is 29.5 Å². The van der Waals surface area contributed by atoms with Crippen LogP contribution in [0.5, 0.6) is 0 Å². The number of hydrogen-bond acceptors (Lipinski definition) is 4. The Bertz CT molecular complexity index is 718. The zero-order valence-electron chi connectivity index (χ0n) is 12.3. The Kier molecular flexibility index (Phi) is 2.72.